The van der Waals surface area contributed by atoms with Gasteiger partial charge in [0.2, 0.25) is 0 Å². The summed E-state index contributed by atoms with van der Waals surface area (Å²) >= 11 is 0. The van der Waals surface area contributed by atoms with Crippen molar-refractivity contribution < 1.29 is 4.42 Å². The molecule has 1 heterocycles. The Morgan fingerprint density at radius 1 is 0.348 bits per heavy atom. The maximum Gasteiger partial charge on any atom is 0.143 e. The molecule has 0 atom stereocenters. The smallest absolute Gasteiger partial charge is 0.143 e. The second-order valence-electron chi connectivity index (χ2n) is 19.6. The van der Waals surface area contributed by atoms with E-state index in [0.717, 1.165) is 44.4 Å². The lowest BCUT2D eigenvalue weighted by molar-refractivity contribution is 0.660. The highest BCUT2D eigenvalue weighted by molar-refractivity contribution is 6.19. The summed E-state index contributed by atoms with van der Waals surface area (Å²) < 4.78 is 6.51. The first-order chi connectivity index (χ1) is 32.3. The molecule has 0 bridgehead atoms. The number of hydrogen-bond acceptors (Lipinski definition) is 2. The van der Waals surface area contributed by atoms with Crippen LogP contribution in [0.5, 0.6) is 0 Å². The van der Waals surface area contributed by atoms with Gasteiger partial charge in [-0.15, -0.1) is 0 Å². The minimum absolute atomic E-state index is 0.128. The molecular formula is C64H45NO. The summed E-state index contributed by atoms with van der Waals surface area (Å²) in [6.45, 7) is 9.55. The fourth-order valence-corrected chi connectivity index (χ4v) is 12.2. The Kier molecular flexibility index (Phi) is 7.55. The molecule has 10 aromatic carbocycles. The van der Waals surface area contributed by atoms with Crippen LogP contribution < -0.4 is 4.90 Å². The van der Waals surface area contributed by atoms with Crippen LogP contribution in [0, 0.1) is 0 Å². The molecule has 0 spiro atoms. The molecule has 1 aromatic heterocycles. The van der Waals surface area contributed by atoms with Gasteiger partial charge in [0.05, 0.1) is 5.69 Å². The first-order valence-electron chi connectivity index (χ1n) is 23.3. The molecule has 0 amide bonds. The van der Waals surface area contributed by atoms with Gasteiger partial charge in [0.25, 0.3) is 0 Å². The number of furan rings is 1. The van der Waals surface area contributed by atoms with E-state index < -0.39 is 0 Å². The fraction of sp³-hybridized carbons (Fsp3) is 0.0938. The molecular weight excluding hydrogens is 799 g/mol. The summed E-state index contributed by atoms with van der Waals surface area (Å²) in [5.41, 5.74) is 25.6. The van der Waals surface area contributed by atoms with E-state index in [9.17, 15) is 0 Å². The van der Waals surface area contributed by atoms with Crippen molar-refractivity contribution >= 4 is 49.8 Å². The van der Waals surface area contributed by atoms with Gasteiger partial charge in [0.15, 0.2) is 0 Å². The molecule has 312 valence electrons. The van der Waals surface area contributed by atoms with Gasteiger partial charge < -0.3 is 9.32 Å². The summed E-state index contributed by atoms with van der Waals surface area (Å²) in [7, 11) is 0. The van der Waals surface area contributed by atoms with Gasteiger partial charge in [0, 0.05) is 44.1 Å². The van der Waals surface area contributed by atoms with E-state index in [1.165, 1.54) is 94.3 Å². The highest BCUT2D eigenvalue weighted by Crippen LogP contribution is 2.57. The van der Waals surface area contributed by atoms with E-state index >= 15 is 0 Å². The molecule has 0 saturated heterocycles. The van der Waals surface area contributed by atoms with Crippen LogP contribution in [-0.4, -0.2) is 0 Å². The number of nitrogens with zero attached hydrogens (tertiary/aromatic N) is 1. The molecule has 3 aliphatic rings. The highest BCUT2D eigenvalue weighted by atomic mass is 16.3. The zero-order valence-electron chi connectivity index (χ0n) is 37.4. The molecule has 2 heteroatoms. The molecule has 0 aliphatic heterocycles. The van der Waals surface area contributed by atoms with Crippen LogP contribution in [0.2, 0.25) is 0 Å². The van der Waals surface area contributed by atoms with Crippen LogP contribution in [-0.2, 0) is 10.8 Å². The van der Waals surface area contributed by atoms with E-state index in [0.29, 0.717) is 0 Å². The maximum atomic E-state index is 6.51. The summed E-state index contributed by atoms with van der Waals surface area (Å²) in [4.78, 5) is 2.50. The van der Waals surface area contributed by atoms with Crippen LogP contribution in [0.4, 0.5) is 17.1 Å². The van der Waals surface area contributed by atoms with Gasteiger partial charge in [-0.2, -0.15) is 0 Å². The lowest BCUT2D eigenvalue weighted by atomic mass is 9.81. The first-order valence-corrected chi connectivity index (χ1v) is 23.3. The molecule has 0 N–H and O–H groups in total. The van der Waals surface area contributed by atoms with E-state index in [1.54, 1.807) is 0 Å². The van der Waals surface area contributed by atoms with Gasteiger partial charge in [0.1, 0.15) is 11.2 Å². The molecule has 3 aliphatic carbocycles. The van der Waals surface area contributed by atoms with Crippen molar-refractivity contribution in [2.24, 2.45) is 0 Å². The minimum Gasteiger partial charge on any atom is -0.455 e. The Balaban J connectivity index is 0.909. The van der Waals surface area contributed by atoms with Crippen molar-refractivity contribution in [3.63, 3.8) is 0 Å². The van der Waals surface area contributed by atoms with Crippen molar-refractivity contribution in [1.82, 2.24) is 0 Å². The number of anilines is 3. The van der Waals surface area contributed by atoms with Gasteiger partial charge in [-0.05, 0) is 131 Å². The lowest BCUT2D eigenvalue weighted by Gasteiger charge is -2.30. The normalized spacial score (nSPS) is 14.3. The van der Waals surface area contributed by atoms with Crippen molar-refractivity contribution in [2.45, 2.75) is 38.5 Å². The SMILES string of the molecule is CC1(C)c2cc(-c3ccc4c5c(cccc35)-c3ccccc3-4)ccc2-c2ccc(N(c3ccc(-c4cccc5c4oc4ccccc45)cc3)c3cccc4c3-c3ccccc3C4(C)C)cc21. The van der Waals surface area contributed by atoms with Crippen LogP contribution >= 0.6 is 0 Å². The predicted molar refractivity (Wildman–Crippen MR) is 276 cm³/mol. The highest BCUT2D eigenvalue weighted by Gasteiger charge is 2.39. The molecule has 2 nitrogen and oxygen atoms in total. The second kappa shape index (κ2) is 13.3. The largest absolute Gasteiger partial charge is 0.455 e. The quantitative estimate of drug-likeness (QED) is 0.172. The summed E-state index contributed by atoms with van der Waals surface area (Å²) in [6, 6.07) is 74.5. The molecule has 14 rings (SSSR count). The second-order valence-corrected chi connectivity index (χ2v) is 19.6. The van der Waals surface area contributed by atoms with Gasteiger partial charge in [-0.3, -0.25) is 0 Å². The minimum atomic E-state index is -0.240. The van der Waals surface area contributed by atoms with Gasteiger partial charge in [-0.1, -0.05) is 185 Å². The van der Waals surface area contributed by atoms with Gasteiger partial charge >= 0.3 is 0 Å². The summed E-state index contributed by atoms with van der Waals surface area (Å²) in [6.07, 6.45) is 0. The fourth-order valence-electron chi connectivity index (χ4n) is 12.2. The topological polar surface area (TPSA) is 16.4 Å². The third-order valence-electron chi connectivity index (χ3n) is 15.4. The molecule has 0 fully saturated rings. The molecule has 0 saturated carbocycles. The maximum absolute atomic E-state index is 6.51. The Hall–Kier alpha value is -7.94. The number of rotatable bonds is 5. The monoisotopic (exact) mass is 843 g/mol. The molecule has 0 unspecified atom stereocenters. The summed E-state index contributed by atoms with van der Waals surface area (Å²) in [5, 5.41) is 4.96. The Morgan fingerprint density at radius 3 is 1.71 bits per heavy atom. The number of fused-ring (bicyclic) bond motifs is 12. The van der Waals surface area contributed by atoms with Crippen molar-refractivity contribution in [1.29, 1.82) is 0 Å². The van der Waals surface area contributed by atoms with Crippen molar-refractivity contribution in [3.05, 3.63) is 222 Å². The average Bonchev–Trinajstić information content (AvgIpc) is 4.04. The zero-order chi connectivity index (χ0) is 44.1. The Labute approximate surface area is 385 Å². The van der Waals surface area contributed by atoms with Gasteiger partial charge in [-0.25, -0.2) is 0 Å². The third-order valence-corrected chi connectivity index (χ3v) is 15.4. The number of hydrogen-bond donors (Lipinski definition) is 0. The zero-order valence-corrected chi connectivity index (χ0v) is 37.4. The lowest BCUT2D eigenvalue weighted by Crippen LogP contribution is -2.17. The van der Waals surface area contributed by atoms with E-state index in [4.69, 9.17) is 4.42 Å². The predicted octanol–water partition coefficient (Wildman–Crippen LogP) is 17.8. The number of para-hydroxylation sites is 2. The van der Waals surface area contributed by atoms with E-state index in [2.05, 4.69) is 227 Å². The molecule has 0 radical (unpaired) electrons. The van der Waals surface area contributed by atoms with Crippen molar-refractivity contribution in [3.8, 4) is 66.8 Å². The Bertz CT molecular complexity index is 3850. The summed E-state index contributed by atoms with van der Waals surface area (Å²) in [5.74, 6) is 0. The Morgan fingerprint density at radius 2 is 0.894 bits per heavy atom. The van der Waals surface area contributed by atoms with E-state index in [-0.39, 0.29) is 10.8 Å². The molecule has 11 aromatic rings. The van der Waals surface area contributed by atoms with Crippen LogP contribution in [0.25, 0.3) is 99.5 Å². The van der Waals surface area contributed by atoms with E-state index in [1.807, 2.05) is 6.07 Å². The average molecular weight is 844 g/mol. The van der Waals surface area contributed by atoms with Crippen LogP contribution in [0.3, 0.4) is 0 Å². The standard InChI is InChI=1S/C64H45NO/c1-63(2)54-22-9-7-17-53(54)61-55(63)23-13-24-58(61)65(40-29-26-38(27-30-40)43-18-11-21-52-48-16-8-10-25-59(48)66-62(43)52)41-31-33-47-46-32-28-39(36-56(46)64(3,4)57(47)37-41)42-34-35-51-45-15-6-5-14-44(45)50-20-12-19-49(42)60(50)51/h5-37H,1-4H3. The van der Waals surface area contributed by atoms with Crippen molar-refractivity contribution in [2.75, 3.05) is 4.90 Å². The first kappa shape index (κ1) is 37.4. The molecule has 66 heavy (non-hydrogen) atoms. The third kappa shape index (κ3) is 5.02. The van der Waals surface area contributed by atoms with Crippen LogP contribution in [0.1, 0.15) is 49.9 Å². The number of benzene rings is 10. The van der Waals surface area contributed by atoms with Crippen LogP contribution in [0.15, 0.2) is 205 Å².